The first-order valence-corrected chi connectivity index (χ1v) is 8.26. The number of nitrogens with two attached hydrogens (primary N) is 1. The van der Waals surface area contributed by atoms with Crippen LogP contribution in [0.5, 0.6) is 0 Å². The molecule has 122 valence electrons. The second-order valence-electron chi connectivity index (χ2n) is 5.88. The van der Waals surface area contributed by atoms with Gasteiger partial charge < -0.3 is 10.6 Å². The molecule has 1 atom stereocenters. The Kier molecular flexibility index (Phi) is 9.92. The van der Waals surface area contributed by atoms with Gasteiger partial charge in [0, 0.05) is 35.8 Å². The van der Waals surface area contributed by atoms with Crippen molar-refractivity contribution in [2.24, 2.45) is 11.7 Å². The second kappa shape index (κ2) is 10.2. The third-order valence-electron chi connectivity index (χ3n) is 3.69. The SMILES string of the molecule is Cc1ccc(CCCC(=O)N(C)CCC(N)C(C)C)s1.Cl. The average Bonchev–Trinajstić information content (AvgIpc) is 2.80. The van der Waals surface area contributed by atoms with Gasteiger partial charge in [0.1, 0.15) is 0 Å². The lowest BCUT2D eigenvalue weighted by atomic mass is 10.0. The lowest BCUT2D eigenvalue weighted by Crippen LogP contribution is -2.34. The maximum Gasteiger partial charge on any atom is 0.222 e. The van der Waals surface area contributed by atoms with Crippen LogP contribution in [0.15, 0.2) is 12.1 Å². The van der Waals surface area contributed by atoms with Gasteiger partial charge in [-0.3, -0.25) is 4.79 Å². The lowest BCUT2D eigenvalue weighted by Gasteiger charge is -2.21. The van der Waals surface area contributed by atoms with E-state index in [0.29, 0.717) is 12.3 Å². The van der Waals surface area contributed by atoms with E-state index in [2.05, 4.69) is 32.9 Å². The molecule has 2 N–H and O–H groups in total. The van der Waals surface area contributed by atoms with Crippen LogP contribution in [0, 0.1) is 12.8 Å². The molecule has 1 rings (SSSR count). The minimum absolute atomic E-state index is 0. The summed E-state index contributed by atoms with van der Waals surface area (Å²) < 4.78 is 0. The highest BCUT2D eigenvalue weighted by Gasteiger charge is 2.12. The topological polar surface area (TPSA) is 46.3 Å². The summed E-state index contributed by atoms with van der Waals surface area (Å²) in [7, 11) is 1.88. The molecule has 21 heavy (non-hydrogen) atoms. The van der Waals surface area contributed by atoms with Crippen LogP contribution in [-0.4, -0.2) is 30.4 Å². The van der Waals surface area contributed by atoms with Gasteiger partial charge in [-0.1, -0.05) is 13.8 Å². The number of thiophene rings is 1. The molecule has 1 unspecified atom stereocenters. The van der Waals surface area contributed by atoms with E-state index in [4.69, 9.17) is 5.73 Å². The summed E-state index contributed by atoms with van der Waals surface area (Å²) in [5.41, 5.74) is 6.01. The van der Waals surface area contributed by atoms with Crippen molar-refractivity contribution >= 4 is 29.7 Å². The van der Waals surface area contributed by atoms with Crippen molar-refractivity contribution in [2.45, 2.75) is 52.5 Å². The maximum atomic E-state index is 12.0. The third-order valence-corrected chi connectivity index (χ3v) is 4.75. The van der Waals surface area contributed by atoms with E-state index in [1.807, 2.05) is 23.3 Å². The summed E-state index contributed by atoms with van der Waals surface area (Å²) >= 11 is 1.82. The molecular weight excluding hydrogens is 304 g/mol. The molecule has 0 aromatic carbocycles. The zero-order valence-electron chi connectivity index (χ0n) is 13.6. The van der Waals surface area contributed by atoms with Gasteiger partial charge in [-0.15, -0.1) is 23.7 Å². The average molecular weight is 333 g/mol. The molecule has 0 aliphatic carbocycles. The number of aryl methyl sites for hydroxylation is 2. The molecule has 1 aromatic rings. The van der Waals surface area contributed by atoms with Crippen molar-refractivity contribution in [2.75, 3.05) is 13.6 Å². The molecule has 1 aromatic heterocycles. The molecule has 5 heteroatoms. The summed E-state index contributed by atoms with van der Waals surface area (Å²) in [6, 6.07) is 4.48. The van der Waals surface area contributed by atoms with Gasteiger partial charge in [0.25, 0.3) is 0 Å². The second-order valence-corrected chi connectivity index (χ2v) is 7.25. The summed E-state index contributed by atoms with van der Waals surface area (Å²) in [5, 5.41) is 0. The molecule has 0 bridgehead atoms. The number of halogens is 1. The molecule has 1 heterocycles. The standard InChI is InChI=1S/C16H28N2OS.ClH/c1-12(2)15(17)10-11-18(4)16(19)7-5-6-14-9-8-13(3)20-14;/h8-9,12,15H,5-7,10-11,17H2,1-4H3;1H. The quantitative estimate of drug-likeness (QED) is 0.790. The molecule has 0 aliphatic heterocycles. The van der Waals surface area contributed by atoms with E-state index >= 15 is 0 Å². The van der Waals surface area contributed by atoms with Crippen molar-refractivity contribution in [3.63, 3.8) is 0 Å². The minimum atomic E-state index is 0. The zero-order chi connectivity index (χ0) is 15.1. The largest absolute Gasteiger partial charge is 0.346 e. The van der Waals surface area contributed by atoms with Crippen LogP contribution < -0.4 is 5.73 Å². The van der Waals surface area contributed by atoms with Crippen molar-refractivity contribution < 1.29 is 4.79 Å². The van der Waals surface area contributed by atoms with E-state index in [1.54, 1.807) is 0 Å². The van der Waals surface area contributed by atoms with Crippen molar-refractivity contribution in [1.29, 1.82) is 0 Å². The van der Waals surface area contributed by atoms with Crippen LogP contribution in [-0.2, 0) is 11.2 Å². The van der Waals surface area contributed by atoms with E-state index in [0.717, 1.165) is 25.8 Å². The van der Waals surface area contributed by atoms with E-state index in [9.17, 15) is 4.79 Å². The Morgan fingerprint density at radius 1 is 1.38 bits per heavy atom. The third kappa shape index (κ3) is 7.84. The first-order chi connectivity index (χ1) is 9.40. The summed E-state index contributed by atoms with van der Waals surface area (Å²) in [6.07, 6.45) is 3.44. The Hall–Kier alpha value is -0.580. The molecule has 3 nitrogen and oxygen atoms in total. The number of hydrogen-bond donors (Lipinski definition) is 1. The Labute approximate surface area is 139 Å². The predicted molar refractivity (Wildman–Crippen MR) is 94.3 cm³/mol. The number of nitrogens with zero attached hydrogens (tertiary/aromatic N) is 1. The molecule has 0 aliphatic rings. The van der Waals surface area contributed by atoms with Crippen molar-refractivity contribution in [3.05, 3.63) is 21.9 Å². The highest BCUT2D eigenvalue weighted by molar-refractivity contribution is 7.11. The normalized spacial score (nSPS) is 12.1. The number of amides is 1. The van der Waals surface area contributed by atoms with Crippen LogP contribution >= 0.6 is 23.7 Å². The fraction of sp³-hybridized carbons (Fsp3) is 0.688. The number of carbonyl (C=O) groups excluding carboxylic acids is 1. The van der Waals surface area contributed by atoms with E-state index < -0.39 is 0 Å². The lowest BCUT2D eigenvalue weighted by molar-refractivity contribution is -0.130. The minimum Gasteiger partial charge on any atom is -0.346 e. The van der Waals surface area contributed by atoms with Crippen molar-refractivity contribution in [3.8, 4) is 0 Å². The molecular formula is C16H29ClN2OS. The Bertz CT molecular complexity index is 420. The Morgan fingerprint density at radius 2 is 2.05 bits per heavy atom. The molecule has 0 fully saturated rings. The zero-order valence-corrected chi connectivity index (χ0v) is 15.2. The van der Waals surface area contributed by atoms with Gasteiger partial charge in [0.15, 0.2) is 0 Å². The van der Waals surface area contributed by atoms with Crippen LogP contribution in [0.1, 0.15) is 42.9 Å². The molecule has 0 saturated heterocycles. The molecule has 1 amide bonds. The van der Waals surface area contributed by atoms with Crippen LogP contribution in [0.2, 0.25) is 0 Å². The molecule has 0 saturated carbocycles. The summed E-state index contributed by atoms with van der Waals surface area (Å²) in [6.45, 7) is 7.12. The summed E-state index contributed by atoms with van der Waals surface area (Å²) in [5.74, 6) is 0.704. The van der Waals surface area contributed by atoms with E-state index in [1.165, 1.54) is 9.75 Å². The number of hydrogen-bond acceptors (Lipinski definition) is 3. The van der Waals surface area contributed by atoms with Gasteiger partial charge in [-0.05, 0) is 44.2 Å². The van der Waals surface area contributed by atoms with Crippen LogP contribution in [0.25, 0.3) is 0 Å². The van der Waals surface area contributed by atoms with Gasteiger partial charge in [0.05, 0.1) is 0 Å². The predicted octanol–water partition coefficient (Wildman–Crippen LogP) is 3.63. The van der Waals surface area contributed by atoms with Gasteiger partial charge in [0.2, 0.25) is 5.91 Å². The monoisotopic (exact) mass is 332 g/mol. The van der Waals surface area contributed by atoms with Crippen LogP contribution in [0.3, 0.4) is 0 Å². The fourth-order valence-electron chi connectivity index (χ4n) is 2.02. The van der Waals surface area contributed by atoms with Crippen molar-refractivity contribution in [1.82, 2.24) is 4.90 Å². The van der Waals surface area contributed by atoms with Gasteiger partial charge in [-0.2, -0.15) is 0 Å². The van der Waals surface area contributed by atoms with Gasteiger partial charge in [-0.25, -0.2) is 0 Å². The first kappa shape index (κ1) is 20.4. The highest BCUT2D eigenvalue weighted by atomic mass is 35.5. The van der Waals surface area contributed by atoms with E-state index in [-0.39, 0.29) is 24.4 Å². The smallest absolute Gasteiger partial charge is 0.222 e. The Morgan fingerprint density at radius 3 is 2.57 bits per heavy atom. The number of carbonyl (C=O) groups is 1. The maximum absolute atomic E-state index is 12.0. The molecule has 0 spiro atoms. The molecule has 0 radical (unpaired) electrons. The summed E-state index contributed by atoms with van der Waals surface area (Å²) in [4.78, 5) is 16.5. The number of rotatable bonds is 8. The fourth-order valence-corrected chi connectivity index (χ4v) is 2.96. The van der Waals surface area contributed by atoms with Crippen LogP contribution in [0.4, 0.5) is 0 Å². The first-order valence-electron chi connectivity index (χ1n) is 7.45. The Balaban J connectivity index is 0.00000400. The van der Waals surface area contributed by atoms with Gasteiger partial charge >= 0.3 is 0 Å². The highest BCUT2D eigenvalue weighted by Crippen LogP contribution is 2.17.